The quantitative estimate of drug-likeness (QED) is 0.520. The molecule has 94 valence electrons. The molecule has 0 N–H and O–H groups in total. The van der Waals surface area contributed by atoms with E-state index in [1.54, 1.807) is 18.3 Å². The van der Waals surface area contributed by atoms with Gasteiger partial charge in [-0.1, -0.05) is 24.3 Å². The van der Waals surface area contributed by atoms with Crippen LogP contribution in [-0.4, -0.2) is 15.4 Å². The second-order valence-electron chi connectivity index (χ2n) is 4.22. The predicted octanol–water partition coefficient (Wildman–Crippen LogP) is 2.86. The van der Waals surface area contributed by atoms with E-state index in [0.717, 1.165) is 11.3 Å². The summed E-state index contributed by atoms with van der Waals surface area (Å²) in [4.78, 5) is 16.3. The topological polar surface area (TPSA) is 43.6 Å². The summed E-state index contributed by atoms with van der Waals surface area (Å²) in [6.07, 6.45) is 1.69. The molecule has 0 bridgehead atoms. The zero-order valence-corrected chi connectivity index (χ0v) is 10.4. The first-order valence-electron chi connectivity index (χ1n) is 5.96. The lowest BCUT2D eigenvalue weighted by Crippen LogP contribution is -2.08. The Kier molecular flexibility index (Phi) is 2.76. The molecule has 0 aliphatic heterocycles. The maximum atomic E-state index is 12.0. The van der Waals surface area contributed by atoms with E-state index in [1.807, 2.05) is 47.7 Å². The van der Waals surface area contributed by atoms with Gasteiger partial charge in [-0.3, -0.25) is 0 Å². The van der Waals surface area contributed by atoms with Crippen LogP contribution in [0.1, 0.15) is 16.2 Å². The zero-order valence-electron chi connectivity index (χ0n) is 10.4. The molecule has 0 spiro atoms. The van der Waals surface area contributed by atoms with Crippen molar-refractivity contribution in [1.29, 1.82) is 0 Å². The fraction of sp³-hybridized carbons (Fsp3) is 0.0667. The highest BCUT2D eigenvalue weighted by atomic mass is 16.5. The van der Waals surface area contributed by atoms with Gasteiger partial charge >= 0.3 is 5.97 Å². The number of aryl methyl sites for hydroxylation is 1. The number of imidazole rings is 1. The van der Waals surface area contributed by atoms with Crippen molar-refractivity contribution in [3.8, 4) is 5.75 Å². The molecule has 0 aliphatic rings. The van der Waals surface area contributed by atoms with Gasteiger partial charge in [0.2, 0.25) is 0 Å². The van der Waals surface area contributed by atoms with E-state index < -0.39 is 5.97 Å². The van der Waals surface area contributed by atoms with Gasteiger partial charge in [0.05, 0.1) is 0 Å². The molecule has 3 rings (SSSR count). The van der Waals surface area contributed by atoms with E-state index in [9.17, 15) is 4.79 Å². The SMILES string of the molecule is Cc1cccc2nc(C(=O)Oc3ccccc3)cn12. The third-order valence-electron chi connectivity index (χ3n) is 2.86. The van der Waals surface area contributed by atoms with E-state index in [2.05, 4.69) is 4.98 Å². The fourth-order valence-corrected chi connectivity index (χ4v) is 1.89. The number of para-hydroxylation sites is 1. The maximum Gasteiger partial charge on any atom is 0.363 e. The third kappa shape index (κ3) is 2.20. The fourth-order valence-electron chi connectivity index (χ4n) is 1.89. The Bertz CT molecular complexity index is 732. The summed E-state index contributed by atoms with van der Waals surface area (Å²) in [5.41, 5.74) is 2.06. The average molecular weight is 252 g/mol. The van der Waals surface area contributed by atoms with Crippen LogP contribution in [0.15, 0.2) is 54.7 Å². The molecular weight excluding hydrogens is 240 g/mol. The van der Waals surface area contributed by atoms with Crippen LogP contribution in [-0.2, 0) is 0 Å². The Morgan fingerprint density at radius 1 is 1.11 bits per heavy atom. The van der Waals surface area contributed by atoms with E-state index in [4.69, 9.17) is 4.74 Å². The van der Waals surface area contributed by atoms with Gasteiger partial charge in [0.1, 0.15) is 11.4 Å². The summed E-state index contributed by atoms with van der Waals surface area (Å²) in [5.74, 6) is 0.0654. The Morgan fingerprint density at radius 3 is 2.63 bits per heavy atom. The number of carbonyl (C=O) groups excluding carboxylic acids is 1. The minimum Gasteiger partial charge on any atom is -0.422 e. The van der Waals surface area contributed by atoms with Gasteiger partial charge in [0, 0.05) is 11.9 Å². The molecule has 0 unspecified atom stereocenters. The van der Waals surface area contributed by atoms with Crippen LogP contribution in [0.3, 0.4) is 0 Å². The maximum absolute atomic E-state index is 12.0. The van der Waals surface area contributed by atoms with E-state index in [-0.39, 0.29) is 0 Å². The van der Waals surface area contributed by atoms with E-state index >= 15 is 0 Å². The molecule has 0 aliphatic carbocycles. The summed E-state index contributed by atoms with van der Waals surface area (Å²) in [6, 6.07) is 14.7. The lowest BCUT2D eigenvalue weighted by molar-refractivity contribution is 0.0729. The van der Waals surface area contributed by atoms with Gasteiger partial charge in [0.15, 0.2) is 5.69 Å². The largest absolute Gasteiger partial charge is 0.422 e. The molecular formula is C15H12N2O2. The first-order chi connectivity index (χ1) is 9.24. The number of rotatable bonds is 2. The summed E-state index contributed by atoms with van der Waals surface area (Å²) >= 11 is 0. The number of carbonyl (C=O) groups is 1. The minimum atomic E-state index is -0.450. The first-order valence-corrected chi connectivity index (χ1v) is 5.96. The number of ether oxygens (including phenoxy) is 1. The molecule has 2 aromatic heterocycles. The molecule has 4 heteroatoms. The van der Waals surface area contributed by atoms with Crippen molar-refractivity contribution in [2.45, 2.75) is 6.92 Å². The molecule has 19 heavy (non-hydrogen) atoms. The van der Waals surface area contributed by atoms with Crippen molar-refractivity contribution in [2.24, 2.45) is 0 Å². The summed E-state index contributed by atoms with van der Waals surface area (Å²) in [7, 11) is 0. The van der Waals surface area contributed by atoms with Crippen molar-refractivity contribution in [3.63, 3.8) is 0 Å². The van der Waals surface area contributed by atoms with Crippen LogP contribution < -0.4 is 4.74 Å². The Hall–Kier alpha value is -2.62. The lowest BCUT2D eigenvalue weighted by atomic mass is 10.3. The molecule has 3 aromatic rings. The molecule has 1 aromatic carbocycles. The molecule has 0 saturated heterocycles. The summed E-state index contributed by atoms with van der Waals surface area (Å²) in [6.45, 7) is 1.96. The molecule has 0 saturated carbocycles. The van der Waals surface area contributed by atoms with Gasteiger partial charge in [-0.15, -0.1) is 0 Å². The molecule has 2 heterocycles. The molecule has 0 fully saturated rings. The highest BCUT2D eigenvalue weighted by Gasteiger charge is 2.13. The van der Waals surface area contributed by atoms with Crippen LogP contribution in [0.25, 0.3) is 5.65 Å². The average Bonchev–Trinajstić information content (AvgIpc) is 2.85. The number of pyridine rings is 1. The van der Waals surface area contributed by atoms with Crippen LogP contribution in [0, 0.1) is 6.92 Å². The van der Waals surface area contributed by atoms with Crippen molar-refractivity contribution in [2.75, 3.05) is 0 Å². The molecule has 0 radical (unpaired) electrons. The predicted molar refractivity (Wildman–Crippen MR) is 71.3 cm³/mol. The number of benzene rings is 1. The van der Waals surface area contributed by atoms with Gasteiger partial charge in [-0.05, 0) is 31.2 Å². The van der Waals surface area contributed by atoms with Gasteiger partial charge in [0.25, 0.3) is 0 Å². The van der Waals surface area contributed by atoms with E-state index in [1.165, 1.54) is 0 Å². The normalized spacial score (nSPS) is 10.6. The van der Waals surface area contributed by atoms with Crippen LogP contribution >= 0.6 is 0 Å². The number of aromatic nitrogens is 2. The highest BCUT2D eigenvalue weighted by molar-refractivity contribution is 5.89. The molecule has 4 nitrogen and oxygen atoms in total. The smallest absolute Gasteiger partial charge is 0.363 e. The number of esters is 1. The summed E-state index contributed by atoms with van der Waals surface area (Å²) in [5, 5.41) is 0. The summed E-state index contributed by atoms with van der Waals surface area (Å²) < 4.78 is 7.12. The second kappa shape index (κ2) is 4.57. The minimum absolute atomic E-state index is 0.304. The van der Waals surface area contributed by atoms with Crippen molar-refractivity contribution in [3.05, 3.63) is 66.1 Å². The number of nitrogens with zero attached hydrogens (tertiary/aromatic N) is 2. The van der Waals surface area contributed by atoms with E-state index in [0.29, 0.717) is 11.4 Å². The molecule has 0 amide bonds. The number of hydrogen-bond donors (Lipinski definition) is 0. The van der Waals surface area contributed by atoms with Gasteiger partial charge in [-0.2, -0.15) is 0 Å². The lowest BCUT2D eigenvalue weighted by Gasteiger charge is -2.00. The Morgan fingerprint density at radius 2 is 1.89 bits per heavy atom. The van der Waals surface area contributed by atoms with Gasteiger partial charge < -0.3 is 9.14 Å². The zero-order chi connectivity index (χ0) is 13.2. The van der Waals surface area contributed by atoms with Crippen molar-refractivity contribution < 1.29 is 9.53 Å². The Labute approximate surface area is 110 Å². The molecule has 0 atom stereocenters. The highest BCUT2D eigenvalue weighted by Crippen LogP contribution is 2.13. The van der Waals surface area contributed by atoms with Crippen LogP contribution in [0.5, 0.6) is 5.75 Å². The van der Waals surface area contributed by atoms with Crippen molar-refractivity contribution >= 4 is 11.6 Å². The number of hydrogen-bond acceptors (Lipinski definition) is 3. The monoisotopic (exact) mass is 252 g/mol. The number of fused-ring (bicyclic) bond motifs is 1. The van der Waals surface area contributed by atoms with Gasteiger partial charge in [-0.25, -0.2) is 9.78 Å². The third-order valence-corrected chi connectivity index (χ3v) is 2.86. The second-order valence-corrected chi connectivity index (χ2v) is 4.22. The van der Waals surface area contributed by atoms with Crippen LogP contribution in [0.4, 0.5) is 0 Å². The standard InChI is InChI=1S/C15H12N2O2/c1-11-6-5-9-14-16-13(10-17(11)14)15(18)19-12-7-3-2-4-8-12/h2-10H,1H3. The first kappa shape index (κ1) is 11.5. The van der Waals surface area contributed by atoms with Crippen LogP contribution in [0.2, 0.25) is 0 Å². The Balaban J connectivity index is 1.92. The van der Waals surface area contributed by atoms with Crippen molar-refractivity contribution in [1.82, 2.24) is 9.38 Å².